The summed E-state index contributed by atoms with van der Waals surface area (Å²) in [5, 5.41) is 3.08. The van der Waals surface area contributed by atoms with Crippen molar-refractivity contribution in [1.82, 2.24) is 10.2 Å². The Kier molecular flexibility index (Phi) is 6.21. The highest BCUT2D eigenvalue weighted by Gasteiger charge is 2.18. The summed E-state index contributed by atoms with van der Waals surface area (Å²) in [6.07, 6.45) is 2.84. The molecule has 0 radical (unpaired) electrons. The molecular formula is C17H27N3O. The Morgan fingerprint density at radius 1 is 1.24 bits per heavy atom. The number of carbonyl (C=O) groups excluding carboxylic acids is 1. The van der Waals surface area contributed by atoms with E-state index in [9.17, 15) is 4.79 Å². The van der Waals surface area contributed by atoms with Crippen molar-refractivity contribution in [1.29, 1.82) is 0 Å². The molecule has 0 aromatic heterocycles. The summed E-state index contributed by atoms with van der Waals surface area (Å²) in [7, 11) is 0. The molecule has 1 saturated heterocycles. The number of nitrogens with zero attached hydrogens (tertiary/aromatic N) is 1. The van der Waals surface area contributed by atoms with E-state index in [0.717, 1.165) is 37.3 Å². The molecule has 0 unspecified atom stereocenters. The molecule has 1 heterocycles. The van der Waals surface area contributed by atoms with E-state index in [1.807, 2.05) is 24.3 Å². The maximum atomic E-state index is 12.0. The first-order chi connectivity index (χ1) is 10.2. The van der Waals surface area contributed by atoms with Gasteiger partial charge in [-0.25, -0.2) is 0 Å². The lowest BCUT2D eigenvalue weighted by atomic mass is 9.97. The number of amides is 1. The van der Waals surface area contributed by atoms with Gasteiger partial charge in [-0.1, -0.05) is 31.2 Å². The van der Waals surface area contributed by atoms with Gasteiger partial charge in [-0.15, -0.1) is 0 Å². The third kappa shape index (κ3) is 5.14. The molecular weight excluding hydrogens is 262 g/mol. The summed E-state index contributed by atoms with van der Waals surface area (Å²) in [6, 6.07) is 7.95. The Morgan fingerprint density at radius 3 is 2.43 bits per heavy atom. The highest BCUT2D eigenvalue weighted by Crippen LogP contribution is 2.15. The second-order valence-corrected chi connectivity index (χ2v) is 5.88. The summed E-state index contributed by atoms with van der Waals surface area (Å²) >= 11 is 0. The quantitative estimate of drug-likeness (QED) is 0.835. The van der Waals surface area contributed by atoms with Crippen molar-refractivity contribution in [2.24, 2.45) is 11.7 Å². The van der Waals surface area contributed by atoms with Gasteiger partial charge in [0.2, 0.25) is 5.91 Å². The molecule has 0 bridgehead atoms. The third-order valence-electron chi connectivity index (χ3n) is 4.37. The molecule has 1 aromatic rings. The minimum atomic E-state index is 0.119. The monoisotopic (exact) mass is 289 g/mol. The van der Waals surface area contributed by atoms with Gasteiger partial charge >= 0.3 is 0 Å². The molecule has 116 valence electrons. The summed E-state index contributed by atoms with van der Waals surface area (Å²) in [6.45, 7) is 7.03. The number of nitrogens with one attached hydrogen (secondary N) is 1. The van der Waals surface area contributed by atoms with Gasteiger partial charge in [0.1, 0.15) is 0 Å². The first-order valence-electron chi connectivity index (χ1n) is 7.98. The first kappa shape index (κ1) is 16.0. The molecule has 4 nitrogen and oxygen atoms in total. The molecule has 1 aromatic carbocycles. The third-order valence-corrected chi connectivity index (χ3v) is 4.37. The molecule has 1 amide bonds. The van der Waals surface area contributed by atoms with Gasteiger partial charge < -0.3 is 16.0 Å². The number of hydrogen-bond donors (Lipinski definition) is 2. The molecule has 0 aliphatic carbocycles. The predicted octanol–water partition coefficient (Wildman–Crippen LogP) is 1.54. The topological polar surface area (TPSA) is 58.4 Å². The van der Waals surface area contributed by atoms with E-state index in [1.54, 1.807) is 0 Å². The minimum absolute atomic E-state index is 0.119. The number of rotatable bonds is 6. The van der Waals surface area contributed by atoms with Crippen molar-refractivity contribution in [2.45, 2.75) is 32.7 Å². The number of carbonyl (C=O) groups is 1. The van der Waals surface area contributed by atoms with E-state index in [2.05, 4.69) is 17.1 Å². The van der Waals surface area contributed by atoms with Crippen molar-refractivity contribution >= 4 is 5.91 Å². The van der Waals surface area contributed by atoms with Crippen LogP contribution in [-0.2, 0) is 17.8 Å². The summed E-state index contributed by atoms with van der Waals surface area (Å²) in [4.78, 5) is 14.5. The Hall–Kier alpha value is -1.39. The molecule has 1 fully saturated rings. The highest BCUT2D eigenvalue weighted by molar-refractivity contribution is 5.78. The lowest BCUT2D eigenvalue weighted by molar-refractivity contribution is -0.120. The molecule has 0 spiro atoms. The van der Waals surface area contributed by atoms with E-state index >= 15 is 0 Å². The summed E-state index contributed by atoms with van der Waals surface area (Å²) in [5.74, 6) is 0.754. The molecule has 2 rings (SSSR count). The number of piperidine rings is 1. The lowest BCUT2D eigenvalue weighted by Crippen LogP contribution is -2.38. The molecule has 4 heteroatoms. The number of nitrogens with two attached hydrogens (primary N) is 1. The predicted molar refractivity (Wildman–Crippen MR) is 85.9 cm³/mol. The zero-order valence-electron chi connectivity index (χ0n) is 13.0. The first-order valence-corrected chi connectivity index (χ1v) is 7.98. The second kappa shape index (κ2) is 8.15. The number of benzene rings is 1. The van der Waals surface area contributed by atoms with E-state index in [-0.39, 0.29) is 5.91 Å². The Balaban J connectivity index is 1.69. The number of likely N-dealkylation sites (tertiary alicyclic amines) is 1. The Morgan fingerprint density at radius 2 is 1.86 bits per heavy atom. The lowest BCUT2D eigenvalue weighted by Gasteiger charge is -2.31. The fraction of sp³-hybridized carbons (Fsp3) is 0.588. The van der Waals surface area contributed by atoms with Crippen LogP contribution in [0.5, 0.6) is 0 Å². The summed E-state index contributed by atoms with van der Waals surface area (Å²) in [5.41, 5.74) is 7.71. The maximum Gasteiger partial charge on any atom is 0.224 e. The fourth-order valence-electron chi connectivity index (χ4n) is 2.81. The van der Waals surface area contributed by atoms with E-state index < -0.39 is 0 Å². The number of hydrogen-bond acceptors (Lipinski definition) is 3. The molecule has 3 N–H and O–H groups in total. The van der Waals surface area contributed by atoms with Gasteiger partial charge in [0.15, 0.2) is 0 Å². The van der Waals surface area contributed by atoms with Crippen LogP contribution in [0, 0.1) is 5.92 Å². The van der Waals surface area contributed by atoms with Crippen LogP contribution in [0.1, 0.15) is 30.9 Å². The second-order valence-electron chi connectivity index (χ2n) is 5.88. The largest absolute Gasteiger partial charge is 0.356 e. The van der Waals surface area contributed by atoms with Gasteiger partial charge in [-0.2, -0.15) is 0 Å². The average molecular weight is 289 g/mol. The molecule has 1 aliphatic heterocycles. The van der Waals surface area contributed by atoms with Crippen molar-refractivity contribution in [3.05, 3.63) is 35.4 Å². The van der Waals surface area contributed by atoms with Gasteiger partial charge in [-0.3, -0.25) is 4.79 Å². The molecule has 21 heavy (non-hydrogen) atoms. The fourth-order valence-corrected chi connectivity index (χ4v) is 2.81. The van der Waals surface area contributed by atoms with Crippen LogP contribution in [0.2, 0.25) is 0 Å². The van der Waals surface area contributed by atoms with Crippen LogP contribution in [0.25, 0.3) is 0 Å². The van der Waals surface area contributed by atoms with Crippen LogP contribution in [0.15, 0.2) is 24.3 Å². The van der Waals surface area contributed by atoms with Crippen LogP contribution < -0.4 is 11.1 Å². The highest BCUT2D eigenvalue weighted by atomic mass is 16.1. The normalized spacial score (nSPS) is 16.9. The van der Waals surface area contributed by atoms with Crippen molar-refractivity contribution in [2.75, 3.05) is 26.2 Å². The van der Waals surface area contributed by atoms with Gasteiger partial charge in [0.05, 0.1) is 6.42 Å². The molecule has 0 atom stereocenters. The Labute approximate surface area is 127 Å². The zero-order valence-corrected chi connectivity index (χ0v) is 13.0. The van der Waals surface area contributed by atoms with E-state index in [1.165, 1.54) is 12.8 Å². The van der Waals surface area contributed by atoms with E-state index in [4.69, 9.17) is 5.73 Å². The average Bonchev–Trinajstić information content (AvgIpc) is 2.54. The zero-order chi connectivity index (χ0) is 15.1. The van der Waals surface area contributed by atoms with Crippen LogP contribution in [0.3, 0.4) is 0 Å². The molecule has 1 aliphatic rings. The summed E-state index contributed by atoms with van der Waals surface area (Å²) < 4.78 is 0. The Bertz CT molecular complexity index is 436. The minimum Gasteiger partial charge on any atom is -0.356 e. The van der Waals surface area contributed by atoms with Crippen LogP contribution in [-0.4, -0.2) is 37.0 Å². The van der Waals surface area contributed by atoms with Crippen LogP contribution >= 0.6 is 0 Å². The van der Waals surface area contributed by atoms with Crippen molar-refractivity contribution in [3.63, 3.8) is 0 Å². The molecule has 0 saturated carbocycles. The van der Waals surface area contributed by atoms with Gasteiger partial charge in [-0.05, 0) is 49.5 Å². The smallest absolute Gasteiger partial charge is 0.224 e. The van der Waals surface area contributed by atoms with Gasteiger partial charge in [0, 0.05) is 13.1 Å². The standard InChI is InChI=1S/C17H27N3O/c1-2-20-9-7-16(8-10-20)13-19-17(21)11-14-3-5-15(12-18)6-4-14/h3-6,16H,2,7-13,18H2,1H3,(H,19,21). The van der Waals surface area contributed by atoms with E-state index in [0.29, 0.717) is 18.9 Å². The van der Waals surface area contributed by atoms with Crippen LogP contribution in [0.4, 0.5) is 0 Å². The van der Waals surface area contributed by atoms with Gasteiger partial charge in [0.25, 0.3) is 0 Å². The van der Waals surface area contributed by atoms with Crippen molar-refractivity contribution < 1.29 is 4.79 Å². The maximum absolute atomic E-state index is 12.0. The van der Waals surface area contributed by atoms with Crippen molar-refractivity contribution in [3.8, 4) is 0 Å². The SMILES string of the molecule is CCN1CCC(CNC(=O)Cc2ccc(CN)cc2)CC1.